The molecule has 2 heterocycles. The molecule has 3 aromatic rings. The molecule has 160 valence electrons. The molecule has 5 rings (SSSR count). The number of aromatic nitrogens is 2. The summed E-state index contributed by atoms with van der Waals surface area (Å²) in [6.07, 6.45) is 1.91. The molecule has 6 nitrogen and oxygen atoms in total. The normalized spacial score (nSPS) is 16.0. The van der Waals surface area contributed by atoms with Crippen LogP contribution in [0.15, 0.2) is 42.5 Å². The summed E-state index contributed by atoms with van der Waals surface area (Å²) in [5, 5.41) is 4.28. The number of anilines is 3. The molecule has 0 atom stereocenters. The first-order valence-corrected chi connectivity index (χ1v) is 11.2. The first kappa shape index (κ1) is 20.1. The number of hydrogen-bond donors (Lipinski definition) is 2. The predicted molar refractivity (Wildman–Crippen MR) is 128 cm³/mol. The molecule has 0 radical (unpaired) electrons. The lowest BCUT2D eigenvalue weighted by molar-refractivity contribution is 0.312. The average molecular weight is 435 g/mol. The lowest BCUT2D eigenvalue weighted by Crippen LogP contribution is -2.45. The number of nitrogens with zero attached hydrogens (tertiary/aromatic N) is 4. The number of hydrogen-bond acceptors (Lipinski definition) is 6. The molecular weight excluding hydrogens is 408 g/mol. The van der Waals surface area contributed by atoms with Crippen molar-refractivity contribution < 1.29 is 0 Å². The molecule has 0 bridgehead atoms. The smallest absolute Gasteiger partial charge is 0.222 e. The first-order valence-electron chi connectivity index (χ1n) is 10.8. The Bertz CT molecular complexity index is 1090. The van der Waals surface area contributed by atoms with Gasteiger partial charge in [-0.25, -0.2) is 4.98 Å². The van der Waals surface area contributed by atoms with Gasteiger partial charge in [-0.05, 0) is 55.3 Å². The van der Waals surface area contributed by atoms with Gasteiger partial charge in [0.2, 0.25) is 5.95 Å². The van der Waals surface area contributed by atoms with Crippen molar-refractivity contribution in [1.82, 2.24) is 14.9 Å². The quantitative estimate of drug-likeness (QED) is 0.650. The zero-order chi connectivity index (χ0) is 21.4. The molecule has 0 unspecified atom stereocenters. The zero-order valence-corrected chi connectivity index (χ0v) is 18.5. The number of piperazine rings is 1. The summed E-state index contributed by atoms with van der Waals surface area (Å²) >= 11 is 5.98. The van der Waals surface area contributed by atoms with Crippen LogP contribution in [0.4, 0.5) is 17.5 Å². The maximum Gasteiger partial charge on any atom is 0.222 e. The molecule has 2 aliphatic rings. The van der Waals surface area contributed by atoms with Gasteiger partial charge >= 0.3 is 0 Å². The van der Waals surface area contributed by atoms with Crippen molar-refractivity contribution in [3.05, 3.63) is 64.2 Å². The number of rotatable bonds is 4. The second-order valence-corrected chi connectivity index (χ2v) is 8.81. The van der Waals surface area contributed by atoms with Crippen LogP contribution in [0.3, 0.4) is 0 Å². The SMILES string of the molecule is CN1CCN(c2nc(N)nc3c2CCc2cc(NCc4ccc(Cl)cc4)ccc2-3)CC1. The van der Waals surface area contributed by atoms with Crippen LogP contribution in [-0.4, -0.2) is 48.1 Å². The predicted octanol–water partition coefficient (Wildman–Crippen LogP) is 3.84. The molecule has 1 aliphatic carbocycles. The van der Waals surface area contributed by atoms with Gasteiger partial charge in [-0.2, -0.15) is 4.98 Å². The van der Waals surface area contributed by atoms with Gasteiger partial charge in [-0.3, -0.25) is 0 Å². The second-order valence-electron chi connectivity index (χ2n) is 8.37. The lowest BCUT2D eigenvalue weighted by atomic mass is 9.88. The van der Waals surface area contributed by atoms with E-state index in [-0.39, 0.29) is 0 Å². The third-order valence-electron chi connectivity index (χ3n) is 6.22. The topological polar surface area (TPSA) is 70.3 Å². The Morgan fingerprint density at radius 1 is 1.00 bits per heavy atom. The second kappa shape index (κ2) is 8.36. The maximum absolute atomic E-state index is 6.15. The number of nitrogens with one attached hydrogen (secondary N) is 1. The van der Waals surface area contributed by atoms with Crippen LogP contribution in [-0.2, 0) is 19.4 Å². The van der Waals surface area contributed by atoms with Gasteiger partial charge in [-0.1, -0.05) is 29.8 Å². The van der Waals surface area contributed by atoms with Crippen LogP contribution in [0, 0.1) is 0 Å². The van der Waals surface area contributed by atoms with Crippen LogP contribution >= 0.6 is 11.6 Å². The summed E-state index contributed by atoms with van der Waals surface area (Å²) in [6.45, 7) is 4.78. The molecule has 1 saturated heterocycles. The molecule has 3 N–H and O–H groups in total. The monoisotopic (exact) mass is 434 g/mol. The fraction of sp³-hybridized carbons (Fsp3) is 0.333. The fourth-order valence-corrected chi connectivity index (χ4v) is 4.56. The summed E-state index contributed by atoms with van der Waals surface area (Å²) < 4.78 is 0. The molecule has 0 saturated carbocycles. The summed E-state index contributed by atoms with van der Waals surface area (Å²) in [5.74, 6) is 1.37. The van der Waals surface area contributed by atoms with Gasteiger partial charge in [0.1, 0.15) is 5.82 Å². The number of nitrogens with two attached hydrogens (primary N) is 1. The summed E-state index contributed by atoms with van der Waals surface area (Å²) in [7, 11) is 2.16. The van der Waals surface area contributed by atoms with E-state index in [0.29, 0.717) is 5.95 Å². The van der Waals surface area contributed by atoms with Crippen molar-refractivity contribution in [3.8, 4) is 11.3 Å². The van der Waals surface area contributed by atoms with E-state index in [4.69, 9.17) is 17.3 Å². The third-order valence-corrected chi connectivity index (χ3v) is 6.47. The van der Waals surface area contributed by atoms with Crippen LogP contribution < -0.4 is 16.0 Å². The largest absolute Gasteiger partial charge is 0.381 e. The molecular formula is C24H27ClN6. The van der Waals surface area contributed by atoms with Crippen molar-refractivity contribution in [3.63, 3.8) is 0 Å². The standard InChI is InChI=1S/C24H27ClN6/c1-30-10-12-31(13-11-30)23-21-8-4-17-14-19(27-15-16-2-5-18(25)6-3-16)7-9-20(17)22(21)28-24(26)29-23/h2-3,5-7,9,14,27H,4,8,10-13,15H2,1H3,(H2,26,28,29). The van der Waals surface area contributed by atoms with E-state index >= 15 is 0 Å². The van der Waals surface area contributed by atoms with Crippen LogP contribution in [0.25, 0.3) is 11.3 Å². The molecule has 1 aliphatic heterocycles. The lowest BCUT2D eigenvalue weighted by Gasteiger charge is -2.35. The minimum atomic E-state index is 0.352. The van der Waals surface area contributed by atoms with Gasteiger partial charge in [0.25, 0.3) is 0 Å². The molecule has 1 aromatic heterocycles. The summed E-state index contributed by atoms with van der Waals surface area (Å²) in [6, 6.07) is 14.5. The zero-order valence-electron chi connectivity index (χ0n) is 17.7. The number of nitrogen functional groups attached to an aromatic ring is 1. The van der Waals surface area contributed by atoms with E-state index in [1.54, 1.807) is 0 Å². The molecule has 0 spiro atoms. The Labute approximate surface area is 188 Å². The van der Waals surface area contributed by atoms with Gasteiger partial charge < -0.3 is 20.9 Å². The molecule has 0 amide bonds. The van der Waals surface area contributed by atoms with E-state index in [2.05, 4.69) is 50.3 Å². The van der Waals surface area contributed by atoms with Crippen LogP contribution in [0.5, 0.6) is 0 Å². The Balaban J connectivity index is 1.40. The Hall–Kier alpha value is -2.83. The Morgan fingerprint density at radius 2 is 1.77 bits per heavy atom. The minimum absolute atomic E-state index is 0.352. The Morgan fingerprint density at radius 3 is 2.55 bits per heavy atom. The number of aryl methyl sites for hydroxylation is 1. The summed E-state index contributed by atoms with van der Waals surface area (Å²) in [4.78, 5) is 14.0. The molecule has 31 heavy (non-hydrogen) atoms. The number of benzene rings is 2. The van der Waals surface area contributed by atoms with Crippen LogP contribution in [0.2, 0.25) is 5.02 Å². The highest BCUT2D eigenvalue weighted by atomic mass is 35.5. The fourth-order valence-electron chi connectivity index (χ4n) is 4.43. The van der Waals surface area contributed by atoms with Gasteiger partial charge in [0.15, 0.2) is 0 Å². The van der Waals surface area contributed by atoms with E-state index < -0.39 is 0 Å². The highest BCUT2D eigenvalue weighted by Crippen LogP contribution is 2.38. The maximum atomic E-state index is 6.15. The van der Waals surface area contributed by atoms with E-state index in [9.17, 15) is 0 Å². The van der Waals surface area contributed by atoms with Crippen molar-refractivity contribution in [2.45, 2.75) is 19.4 Å². The van der Waals surface area contributed by atoms with Gasteiger partial charge in [0.05, 0.1) is 5.69 Å². The molecule has 2 aromatic carbocycles. The molecule has 1 fully saturated rings. The van der Waals surface area contributed by atoms with E-state index in [1.807, 2.05) is 24.3 Å². The average Bonchev–Trinajstić information content (AvgIpc) is 2.78. The minimum Gasteiger partial charge on any atom is -0.381 e. The highest BCUT2D eigenvalue weighted by molar-refractivity contribution is 6.30. The summed E-state index contributed by atoms with van der Waals surface area (Å²) in [5.41, 5.74) is 13.1. The number of halogens is 1. The Kier molecular flexibility index (Phi) is 5.42. The van der Waals surface area contributed by atoms with Crippen molar-refractivity contribution in [2.75, 3.05) is 49.2 Å². The van der Waals surface area contributed by atoms with Gasteiger partial charge in [0, 0.05) is 54.6 Å². The van der Waals surface area contributed by atoms with Crippen molar-refractivity contribution in [2.24, 2.45) is 0 Å². The first-order chi connectivity index (χ1) is 15.1. The van der Waals surface area contributed by atoms with E-state index in [1.165, 1.54) is 22.3 Å². The van der Waals surface area contributed by atoms with E-state index in [0.717, 1.165) is 67.8 Å². The van der Waals surface area contributed by atoms with Crippen molar-refractivity contribution >= 4 is 29.1 Å². The van der Waals surface area contributed by atoms with Crippen LogP contribution in [0.1, 0.15) is 16.7 Å². The van der Waals surface area contributed by atoms with Crippen molar-refractivity contribution in [1.29, 1.82) is 0 Å². The highest BCUT2D eigenvalue weighted by Gasteiger charge is 2.26. The molecule has 7 heteroatoms. The number of likely N-dealkylation sites (N-methyl/N-ethyl adjacent to an activating group) is 1. The third kappa shape index (κ3) is 4.18. The number of fused-ring (bicyclic) bond motifs is 3. The van der Waals surface area contributed by atoms with Gasteiger partial charge in [-0.15, -0.1) is 0 Å².